The first-order valence-corrected chi connectivity index (χ1v) is 7.58. The zero-order chi connectivity index (χ0) is 16.2. The Hall–Kier alpha value is -2.88. The summed E-state index contributed by atoms with van der Waals surface area (Å²) < 4.78 is 0. The van der Waals surface area contributed by atoms with Gasteiger partial charge in [-0.1, -0.05) is 36.4 Å². The minimum atomic E-state index is -0.411. The van der Waals surface area contributed by atoms with Gasteiger partial charge in [0.1, 0.15) is 0 Å². The Balaban J connectivity index is 1.88. The molecule has 1 aliphatic heterocycles. The van der Waals surface area contributed by atoms with Gasteiger partial charge in [-0.05, 0) is 29.8 Å². The lowest BCUT2D eigenvalue weighted by Crippen LogP contribution is -2.20. The number of aliphatic imine (C=N–C) groups is 1. The standard InChI is InChI=1S/C19H19N3O/c1-22-13-12-21-17(16-4-2-3-5-18(16)22)11-8-14-6-9-15(10-7-14)19(20)23/h2-11H,12-13H2,1H3,(H2,20,23). The molecule has 0 aliphatic carbocycles. The van der Waals surface area contributed by atoms with Crippen molar-refractivity contribution in [2.24, 2.45) is 10.7 Å². The number of carbonyl (C=O) groups is 1. The molecule has 0 radical (unpaired) electrons. The molecule has 0 bridgehead atoms. The Morgan fingerprint density at radius 3 is 2.61 bits per heavy atom. The van der Waals surface area contributed by atoms with Crippen LogP contribution in [-0.4, -0.2) is 31.8 Å². The second-order valence-electron chi connectivity index (χ2n) is 5.53. The van der Waals surface area contributed by atoms with E-state index in [0.29, 0.717) is 5.56 Å². The zero-order valence-electron chi connectivity index (χ0n) is 13.1. The summed E-state index contributed by atoms with van der Waals surface area (Å²) in [4.78, 5) is 18.0. The Morgan fingerprint density at radius 1 is 1.13 bits per heavy atom. The number of hydrogen-bond donors (Lipinski definition) is 1. The van der Waals surface area contributed by atoms with E-state index in [1.165, 1.54) is 5.69 Å². The summed E-state index contributed by atoms with van der Waals surface area (Å²) in [7, 11) is 2.09. The van der Waals surface area contributed by atoms with Gasteiger partial charge in [-0.15, -0.1) is 0 Å². The summed E-state index contributed by atoms with van der Waals surface area (Å²) in [6.45, 7) is 1.67. The Labute approximate surface area is 136 Å². The third-order valence-electron chi connectivity index (χ3n) is 3.94. The lowest BCUT2D eigenvalue weighted by atomic mass is 10.1. The van der Waals surface area contributed by atoms with Crippen LogP contribution in [0, 0.1) is 0 Å². The minimum absolute atomic E-state index is 0.411. The maximum absolute atomic E-state index is 11.1. The number of para-hydroxylation sites is 1. The molecule has 1 heterocycles. The third-order valence-corrected chi connectivity index (χ3v) is 3.94. The summed E-state index contributed by atoms with van der Waals surface area (Å²) in [6, 6.07) is 15.5. The molecule has 0 fully saturated rings. The van der Waals surface area contributed by atoms with E-state index in [1.807, 2.05) is 36.4 Å². The number of allylic oxidation sites excluding steroid dienone is 1. The summed E-state index contributed by atoms with van der Waals surface area (Å²) in [5.41, 5.74) is 10.1. The Morgan fingerprint density at radius 2 is 1.87 bits per heavy atom. The Kier molecular flexibility index (Phi) is 4.24. The minimum Gasteiger partial charge on any atom is -0.372 e. The quantitative estimate of drug-likeness (QED) is 0.948. The number of hydrogen-bond acceptors (Lipinski definition) is 3. The molecule has 116 valence electrons. The van der Waals surface area contributed by atoms with E-state index in [9.17, 15) is 4.79 Å². The van der Waals surface area contributed by atoms with Gasteiger partial charge in [0, 0.05) is 30.4 Å². The monoisotopic (exact) mass is 305 g/mol. The fraction of sp³-hybridized carbons (Fsp3) is 0.158. The van der Waals surface area contributed by atoms with Gasteiger partial charge in [0.25, 0.3) is 0 Å². The van der Waals surface area contributed by atoms with E-state index in [2.05, 4.69) is 29.1 Å². The first-order valence-electron chi connectivity index (χ1n) is 7.58. The predicted molar refractivity (Wildman–Crippen MR) is 95.1 cm³/mol. The first kappa shape index (κ1) is 15.0. The van der Waals surface area contributed by atoms with Gasteiger partial charge in [-0.3, -0.25) is 9.79 Å². The van der Waals surface area contributed by atoms with E-state index in [1.54, 1.807) is 12.1 Å². The molecule has 0 saturated carbocycles. The van der Waals surface area contributed by atoms with E-state index >= 15 is 0 Å². The Bertz CT molecular complexity index is 775. The highest BCUT2D eigenvalue weighted by Gasteiger charge is 2.13. The van der Waals surface area contributed by atoms with E-state index < -0.39 is 5.91 Å². The van der Waals surface area contributed by atoms with Gasteiger partial charge >= 0.3 is 0 Å². The van der Waals surface area contributed by atoms with Crippen LogP contribution in [0.25, 0.3) is 6.08 Å². The van der Waals surface area contributed by atoms with Gasteiger partial charge in [0.05, 0.1) is 12.3 Å². The normalized spacial score (nSPS) is 14.3. The van der Waals surface area contributed by atoms with Crippen molar-refractivity contribution in [3.8, 4) is 0 Å². The van der Waals surface area contributed by atoms with E-state index in [0.717, 1.165) is 29.9 Å². The number of nitrogens with two attached hydrogens (primary N) is 1. The van der Waals surface area contributed by atoms with Crippen LogP contribution in [-0.2, 0) is 0 Å². The molecular formula is C19H19N3O. The number of amides is 1. The highest BCUT2D eigenvalue weighted by Crippen LogP contribution is 2.23. The first-order chi connectivity index (χ1) is 11.1. The lowest BCUT2D eigenvalue weighted by Gasteiger charge is -2.18. The van der Waals surface area contributed by atoms with Gasteiger partial charge in [-0.25, -0.2) is 0 Å². The maximum atomic E-state index is 11.1. The SMILES string of the molecule is CN1CCN=C(C=Cc2ccc(C(N)=O)cc2)c2ccccc21. The van der Waals surface area contributed by atoms with Crippen molar-refractivity contribution < 1.29 is 4.79 Å². The highest BCUT2D eigenvalue weighted by atomic mass is 16.1. The number of primary amides is 1. The smallest absolute Gasteiger partial charge is 0.248 e. The van der Waals surface area contributed by atoms with Crippen molar-refractivity contribution in [1.82, 2.24) is 0 Å². The molecule has 23 heavy (non-hydrogen) atoms. The van der Waals surface area contributed by atoms with Crippen molar-refractivity contribution in [1.29, 1.82) is 0 Å². The summed E-state index contributed by atoms with van der Waals surface area (Å²) in [5.74, 6) is -0.411. The number of carbonyl (C=O) groups excluding carboxylic acids is 1. The van der Waals surface area contributed by atoms with Crippen LogP contribution in [0.4, 0.5) is 5.69 Å². The molecular weight excluding hydrogens is 286 g/mol. The van der Waals surface area contributed by atoms with Gasteiger partial charge in [-0.2, -0.15) is 0 Å². The topological polar surface area (TPSA) is 58.7 Å². The molecule has 0 saturated heterocycles. The van der Waals surface area contributed by atoms with Gasteiger partial charge in [0.15, 0.2) is 0 Å². The summed E-state index contributed by atoms with van der Waals surface area (Å²) >= 11 is 0. The molecule has 3 rings (SSSR count). The van der Waals surface area contributed by atoms with Gasteiger partial charge < -0.3 is 10.6 Å². The maximum Gasteiger partial charge on any atom is 0.248 e. The average Bonchev–Trinajstić information content (AvgIpc) is 2.73. The van der Waals surface area contributed by atoms with Crippen LogP contribution in [0.2, 0.25) is 0 Å². The third kappa shape index (κ3) is 3.31. The van der Waals surface area contributed by atoms with Gasteiger partial charge in [0.2, 0.25) is 5.91 Å². The number of rotatable bonds is 3. The molecule has 2 N–H and O–H groups in total. The molecule has 0 unspecified atom stereocenters. The zero-order valence-corrected chi connectivity index (χ0v) is 13.1. The summed E-state index contributed by atoms with van der Waals surface area (Å²) in [5, 5.41) is 0. The van der Waals surface area contributed by atoms with Crippen LogP contribution in [0.5, 0.6) is 0 Å². The van der Waals surface area contributed by atoms with E-state index in [4.69, 9.17) is 5.73 Å². The van der Waals surface area contributed by atoms with Crippen LogP contribution < -0.4 is 10.6 Å². The molecule has 0 atom stereocenters. The van der Waals surface area contributed by atoms with Crippen LogP contribution in [0.15, 0.2) is 59.6 Å². The second-order valence-corrected chi connectivity index (χ2v) is 5.53. The number of benzene rings is 2. The average molecular weight is 305 g/mol. The molecule has 4 heteroatoms. The lowest BCUT2D eigenvalue weighted by molar-refractivity contribution is 0.100. The number of fused-ring (bicyclic) bond motifs is 1. The van der Waals surface area contributed by atoms with Crippen molar-refractivity contribution in [3.05, 3.63) is 71.3 Å². The highest BCUT2D eigenvalue weighted by molar-refractivity contribution is 6.14. The molecule has 0 spiro atoms. The van der Waals surface area contributed by atoms with Crippen molar-refractivity contribution >= 4 is 23.4 Å². The largest absolute Gasteiger partial charge is 0.372 e. The van der Waals surface area contributed by atoms with Crippen molar-refractivity contribution in [2.75, 3.05) is 25.0 Å². The number of benzodiazepines with no additional fused rings is 1. The van der Waals surface area contributed by atoms with Crippen LogP contribution in [0.3, 0.4) is 0 Å². The predicted octanol–water partition coefficient (Wildman–Crippen LogP) is 2.74. The summed E-state index contributed by atoms with van der Waals surface area (Å²) in [6.07, 6.45) is 4.03. The molecule has 2 aromatic carbocycles. The molecule has 2 aromatic rings. The fourth-order valence-electron chi connectivity index (χ4n) is 2.63. The second kappa shape index (κ2) is 6.48. The van der Waals surface area contributed by atoms with E-state index in [-0.39, 0.29) is 0 Å². The number of anilines is 1. The van der Waals surface area contributed by atoms with Crippen LogP contribution in [0.1, 0.15) is 21.5 Å². The van der Waals surface area contributed by atoms with Crippen molar-refractivity contribution in [2.45, 2.75) is 0 Å². The van der Waals surface area contributed by atoms with Crippen molar-refractivity contribution in [3.63, 3.8) is 0 Å². The van der Waals surface area contributed by atoms with Crippen LogP contribution >= 0.6 is 0 Å². The molecule has 1 aliphatic rings. The molecule has 1 amide bonds. The number of likely N-dealkylation sites (N-methyl/N-ethyl adjacent to an activating group) is 1. The molecule has 4 nitrogen and oxygen atoms in total. The molecule has 0 aromatic heterocycles. The number of nitrogens with zero attached hydrogens (tertiary/aromatic N) is 2. The fourth-order valence-corrected chi connectivity index (χ4v) is 2.63.